The van der Waals surface area contributed by atoms with Crippen LogP contribution in [0.15, 0.2) is 62.5 Å². The van der Waals surface area contributed by atoms with E-state index in [2.05, 4.69) is 15.2 Å². The summed E-state index contributed by atoms with van der Waals surface area (Å²) in [7, 11) is -8.10. The molecule has 0 aliphatic carbocycles. The van der Waals surface area contributed by atoms with Gasteiger partial charge in [-0.15, -0.1) is 0 Å². The van der Waals surface area contributed by atoms with Gasteiger partial charge in [-0.25, -0.2) is 0 Å². The van der Waals surface area contributed by atoms with Crippen molar-refractivity contribution in [3.8, 4) is 5.75 Å². The first-order valence-electron chi connectivity index (χ1n) is 8.43. The maximum atomic E-state index is 11.9. The number of fused-ring (bicyclic) bond motifs is 1. The first-order chi connectivity index (χ1) is 14.5. The van der Waals surface area contributed by atoms with E-state index in [9.17, 15) is 25.9 Å². The topological polar surface area (TPSA) is 171 Å². The van der Waals surface area contributed by atoms with Crippen LogP contribution in [0.2, 0.25) is 0 Å². The number of benzene rings is 3. The highest BCUT2D eigenvalue weighted by molar-refractivity contribution is 7.86. The van der Waals surface area contributed by atoms with E-state index in [0.29, 0.717) is 11.3 Å². The van der Waals surface area contributed by atoms with Gasteiger partial charge in [-0.3, -0.25) is 9.11 Å². The summed E-state index contributed by atoms with van der Waals surface area (Å²) < 4.78 is 71.3. The van der Waals surface area contributed by atoms with Gasteiger partial charge in [0.05, 0.1) is 18.5 Å². The Labute approximate surface area is 177 Å². The Bertz CT molecular complexity index is 1490. The molecule has 0 heterocycles. The van der Waals surface area contributed by atoms with Crippen molar-refractivity contribution in [2.24, 2.45) is 10.2 Å². The SMILES string of the molecule is COc1cc(N=Nc2cc(S(=O)(=O)O)c3cccc(S(=O)(=O)O)c3c2)c(C)cc1[N+]#N. The Kier molecular flexibility index (Phi) is 5.74. The van der Waals surface area contributed by atoms with E-state index in [4.69, 9.17) is 10.1 Å². The quantitative estimate of drug-likeness (QED) is 0.315. The molecule has 0 atom stereocenters. The monoisotopic (exact) mass is 463 g/mol. The van der Waals surface area contributed by atoms with E-state index in [0.717, 1.165) is 12.1 Å². The first kappa shape index (κ1) is 22.2. The molecule has 31 heavy (non-hydrogen) atoms. The van der Waals surface area contributed by atoms with Gasteiger partial charge in [-0.1, -0.05) is 12.1 Å². The molecular formula is C18H15N4O7S2+. The van der Waals surface area contributed by atoms with Gasteiger partial charge in [0.25, 0.3) is 20.2 Å². The van der Waals surface area contributed by atoms with Gasteiger partial charge in [0.15, 0.2) is 4.98 Å². The van der Waals surface area contributed by atoms with Gasteiger partial charge in [-0.05, 0) is 30.7 Å². The fourth-order valence-corrected chi connectivity index (χ4v) is 4.35. The van der Waals surface area contributed by atoms with E-state index in [1.807, 2.05) is 0 Å². The summed E-state index contributed by atoms with van der Waals surface area (Å²) in [6.45, 7) is 1.66. The lowest BCUT2D eigenvalue weighted by Crippen LogP contribution is -2.03. The van der Waals surface area contributed by atoms with E-state index < -0.39 is 30.0 Å². The van der Waals surface area contributed by atoms with Crippen molar-refractivity contribution in [1.82, 2.24) is 0 Å². The number of rotatable bonds is 5. The lowest BCUT2D eigenvalue weighted by molar-refractivity contribution is 0.417. The van der Waals surface area contributed by atoms with Crippen LogP contribution in [0.4, 0.5) is 17.1 Å². The van der Waals surface area contributed by atoms with Crippen LogP contribution in [0.1, 0.15) is 5.56 Å². The zero-order chi connectivity index (χ0) is 23.0. The van der Waals surface area contributed by atoms with Crippen LogP contribution in [-0.4, -0.2) is 33.1 Å². The van der Waals surface area contributed by atoms with Crippen LogP contribution in [0.3, 0.4) is 0 Å². The summed E-state index contributed by atoms with van der Waals surface area (Å²) in [6.07, 6.45) is 0. The second-order valence-electron chi connectivity index (χ2n) is 6.36. The smallest absolute Gasteiger partial charge is 0.426 e. The Balaban J connectivity index is 2.26. The Morgan fingerprint density at radius 1 is 0.935 bits per heavy atom. The molecule has 0 bridgehead atoms. The standard InChI is InChI=1S/C18H14N4O7S2/c1-10-6-15(20-19)16(29-2)9-14(10)22-21-11-7-13-12(18(8-11)31(26,27)28)4-3-5-17(13)30(23,24)25/h3-9H,1-2H3,(H-,23,24,25,26,27,28)/p+1. The fraction of sp³-hybridized carbons (Fsp3) is 0.111. The summed E-state index contributed by atoms with van der Waals surface area (Å²) in [5.41, 5.74) is 0.897. The van der Waals surface area contributed by atoms with Gasteiger partial charge >= 0.3 is 5.69 Å². The molecule has 0 unspecified atom stereocenters. The van der Waals surface area contributed by atoms with Crippen LogP contribution in [0, 0.1) is 12.3 Å². The van der Waals surface area contributed by atoms with E-state index in [1.165, 1.54) is 37.4 Å². The van der Waals surface area contributed by atoms with E-state index in [1.54, 1.807) is 6.92 Å². The van der Waals surface area contributed by atoms with Crippen molar-refractivity contribution >= 4 is 48.1 Å². The van der Waals surface area contributed by atoms with Crippen LogP contribution in [0.25, 0.3) is 15.7 Å². The summed E-state index contributed by atoms with van der Waals surface area (Å²) in [5, 5.41) is 16.7. The molecule has 0 saturated carbocycles. The normalized spacial score (nSPS) is 12.2. The third-order valence-electron chi connectivity index (χ3n) is 4.34. The number of azo groups is 1. The summed E-state index contributed by atoms with van der Waals surface area (Å²) in [4.78, 5) is 1.93. The van der Waals surface area contributed by atoms with Gasteiger partial charge in [0.1, 0.15) is 9.79 Å². The molecule has 0 radical (unpaired) electrons. The van der Waals surface area contributed by atoms with Crippen molar-refractivity contribution in [2.45, 2.75) is 16.7 Å². The van der Waals surface area contributed by atoms with Crippen molar-refractivity contribution in [3.05, 3.63) is 53.0 Å². The maximum absolute atomic E-state index is 11.9. The number of hydrogen-bond donors (Lipinski definition) is 2. The highest BCUT2D eigenvalue weighted by atomic mass is 32.2. The van der Waals surface area contributed by atoms with Crippen LogP contribution >= 0.6 is 0 Å². The lowest BCUT2D eigenvalue weighted by atomic mass is 10.1. The van der Waals surface area contributed by atoms with Crippen molar-refractivity contribution in [3.63, 3.8) is 0 Å². The van der Waals surface area contributed by atoms with E-state index in [-0.39, 0.29) is 27.9 Å². The number of methoxy groups -OCH3 is 1. The molecule has 0 aromatic heterocycles. The Hall–Kier alpha value is -3.44. The number of nitrogens with zero attached hydrogens (tertiary/aromatic N) is 4. The number of ether oxygens (including phenoxy) is 1. The molecule has 2 N–H and O–H groups in total. The maximum Gasteiger partial charge on any atom is 0.426 e. The first-order valence-corrected chi connectivity index (χ1v) is 11.3. The van der Waals surface area contributed by atoms with Gasteiger partial charge < -0.3 is 4.74 Å². The molecule has 11 nitrogen and oxygen atoms in total. The van der Waals surface area contributed by atoms with Gasteiger partial charge in [0, 0.05) is 22.9 Å². The lowest BCUT2D eigenvalue weighted by Gasteiger charge is -2.09. The summed E-state index contributed by atoms with van der Waals surface area (Å²) in [6, 6.07) is 8.72. The minimum absolute atomic E-state index is 0.106. The minimum Gasteiger partial charge on any atom is -0.489 e. The molecule has 3 rings (SSSR count). The molecule has 0 amide bonds. The van der Waals surface area contributed by atoms with Crippen molar-refractivity contribution in [2.75, 3.05) is 7.11 Å². The van der Waals surface area contributed by atoms with Crippen LogP contribution in [0.5, 0.6) is 5.75 Å². The average molecular weight is 463 g/mol. The second kappa shape index (κ2) is 8.00. The van der Waals surface area contributed by atoms with Crippen molar-refractivity contribution in [1.29, 1.82) is 5.39 Å². The Morgan fingerprint density at radius 2 is 1.61 bits per heavy atom. The molecule has 13 heteroatoms. The highest BCUT2D eigenvalue weighted by Crippen LogP contribution is 2.37. The fourth-order valence-electron chi connectivity index (χ4n) is 2.93. The molecule has 0 aliphatic heterocycles. The zero-order valence-electron chi connectivity index (χ0n) is 16.1. The highest BCUT2D eigenvalue weighted by Gasteiger charge is 2.21. The molecule has 0 spiro atoms. The van der Waals surface area contributed by atoms with Crippen LogP contribution in [-0.2, 0) is 20.2 Å². The summed E-state index contributed by atoms with van der Waals surface area (Å²) >= 11 is 0. The number of hydrogen-bond acceptors (Lipinski definition) is 8. The number of diazo groups is 1. The molecule has 0 fully saturated rings. The Morgan fingerprint density at radius 3 is 2.19 bits per heavy atom. The minimum atomic E-state index is -4.76. The molecule has 0 aliphatic rings. The van der Waals surface area contributed by atoms with Crippen molar-refractivity contribution < 1.29 is 30.7 Å². The molecule has 160 valence electrons. The predicted molar refractivity (Wildman–Crippen MR) is 110 cm³/mol. The third-order valence-corrected chi connectivity index (χ3v) is 6.14. The molecule has 0 saturated heterocycles. The number of aryl methyl sites for hydroxylation is 1. The van der Waals surface area contributed by atoms with E-state index >= 15 is 0 Å². The van der Waals surface area contributed by atoms with Crippen LogP contribution < -0.4 is 4.74 Å². The predicted octanol–water partition coefficient (Wildman–Crippen LogP) is 4.55. The summed E-state index contributed by atoms with van der Waals surface area (Å²) in [5.74, 6) is 0.202. The molecular weight excluding hydrogens is 448 g/mol. The zero-order valence-corrected chi connectivity index (χ0v) is 17.7. The van der Waals surface area contributed by atoms with Gasteiger partial charge in [0.2, 0.25) is 11.1 Å². The largest absolute Gasteiger partial charge is 0.489 e. The second-order valence-corrected chi connectivity index (χ2v) is 9.14. The average Bonchev–Trinajstić information content (AvgIpc) is 2.70. The van der Waals surface area contributed by atoms with Gasteiger partial charge in [-0.2, -0.15) is 27.1 Å². The molecule has 3 aromatic carbocycles. The third kappa shape index (κ3) is 4.52. The molecule has 3 aromatic rings.